The molecule has 5 aromatic rings. The third kappa shape index (κ3) is 5.70. The molecular formula is C29H20F3N7O4. The number of rotatable bonds is 9. The summed E-state index contributed by atoms with van der Waals surface area (Å²) in [5, 5.41) is 9.38. The van der Waals surface area contributed by atoms with Crippen LogP contribution >= 0.6 is 0 Å². The molecule has 1 atom stereocenters. The standard InChI is InChI=1S/C29H20F3N7O4/c1-33-16-2-3-17(34-11-16)14-43-28-22(32)12-35-26(38-28)19-10-20(30)15(8-21(19)31)9-25-36-23-4-5-24(29(40)41)37-27(23)39(25)13-18-6-7-42-18/h2-5,8,10-12,18H,6-7,9,13-14H2,(H,40,41)/t18-/m0/s1. The molecule has 4 aromatic heterocycles. The zero-order chi connectivity index (χ0) is 30.1. The van der Waals surface area contributed by atoms with Gasteiger partial charge in [0, 0.05) is 19.2 Å². The van der Waals surface area contributed by atoms with Gasteiger partial charge in [0.15, 0.2) is 17.2 Å². The highest BCUT2D eigenvalue weighted by atomic mass is 19.1. The third-order valence-electron chi connectivity index (χ3n) is 6.80. The van der Waals surface area contributed by atoms with Gasteiger partial charge < -0.3 is 19.1 Å². The molecule has 0 amide bonds. The average molecular weight is 588 g/mol. The predicted octanol–water partition coefficient (Wildman–Crippen LogP) is 4.91. The summed E-state index contributed by atoms with van der Waals surface area (Å²) in [7, 11) is 0. The molecule has 0 aliphatic carbocycles. The van der Waals surface area contributed by atoms with Crippen LogP contribution < -0.4 is 4.74 Å². The molecule has 1 aromatic carbocycles. The lowest BCUT2D eigenvalue weighted by Gasteiger charge is -2.27. The van der Waals surface area contributed by atoms with Gasteiger partial charge in [0.25, 0.3) is 5.88 Å². The molecule has 0 radical (unpaired) electrons. The number of benzene rings is 1. The number of aromatic carboxylic acids is 1. The maximum absolute atomic E-state index is 15.4. The first-order valence-electron chi connectivity index (χ1n) is 13.0. The van der Waals surface area contributed by atoms with Gasteiger partial charge in [-0.15, -0.1) is 0 Å². The highest BCUT2D eigenvalue weighted by molar-refractivity contribution is 5.88. The topological polar surface area (TPSA) is 130 Å². The van der Waals surface area contributed by atoms with E-state index >= 15 is 8.78 Å². The summed E-state index contributed by atoms with van der Waals surface area (Å²) in [5.41, 5.74) is 0.919. The minimum atomic E-state index is -1.21. The van der Waals surface area contributed by atoms with E-state index in [0.29, 0.717) is 41.5 Å². The molecule has 216 valence electrons. The van der Waals surface area contributed by atoms with Crippen molar-refractivity contribution in [3.05, 3.63) is 100 Å². The van der Waals surface area contributed by atoms with Crippen molar-refractivity contribution in [2.24, 2.45) is 0 Å². The summed E-state index contributed by atoms with van der Waals surface area (Å²) >= 11 is 0. The summed E-state index contributed by atoms with van der Waals surface area (Å²) in [6.07, 6.45) is 2.64. The monoisotopic (exact) mass is 587 g/mol. The second-order valence-electron chi connectivity index (χ2n) is 9.62. The van der Waals surface area contributed by atoms with E-state index in [2.05, 4.69) is 29.8 Å². The number of hydrogen-bond acceptors (Lipinski definition) is 8. The van der Waals surface area contributed by atoms with Crippen molar-refractivity contribution in [2.45, 2.75) is 32.1 Å². The molecule has 1 aliphatic heterocycles. The Morgan fingerprint density at radius 1 is 1.07 bits per heavy atom. The summed E-state index contributed by atoms with van der Waals surface area (Å²) in [6, 6.07) is 7.80. The number of ether oxygens (including phenoxy) is 2. The number of carboxylic acids is 1. The van der Waals surface area contributed by atoms with E-state index in [1.54, 1.807) is 4.57 Å². The van der Waals surface area contributed by atoms with Gasteiger partial charge in [-0.1, -0.05) is 6.07 Å². The van der Waals surface area contributed by atoms with Gasteiger partial charge in [-0.2, -0.15) is 9.37 Å². The SMILES string of the molecule is [C-]#[N+]c1ccc(COc2nc(-c3cc(F)c(Cc4nc5ccc(C(=O)O)nc5n4C[C@@H]4CCO4)cc3F)ncc2F)nc1. The van der Waals surface area contributed by atoms with Crippen molar-refractivity contribution >= 4 is 22.8 Å². The first kappa shape index (κ1) is 27.7. The molecule has 5 heterocycles. The molecule has 1 fully saturated rings. The number of nitrogens with zero attached hydrogens (tertiary/aromatic N) is 7. The Kier molecular flexibility index (Phi) is 7.39. The molecule has 6 rings (SSSR count). The van der Waals surface area contributed by atoms with Crippen LogP contribution in [0.15, 0.2) is 48.8 Å². The lowest BCUT2D eigenvalue weighted by molar-refractivity contribution is -0.0590. The van der Waals surface area contributed by atoms with Gasteiger partial charge in [-0.05, 0) is 42.3 Å². The minimum absolute atomic E-state index is 0.0293. The van der Waals surface area contributed by atoms with Gasteiger partial charge >= 0.3 is 5.97 Å². The first-order valence-corrected chi connectivity index (χ1v) is 13.0. The van der Waals surface area contributed by atoms with Crippen LogP contribution in [0.1, 0.15) is 34.0 Å². The summed E-state index contributed by atoms with van der Waals surface area (Å²) in [4.78, 5) is 35.2. The Morgan fingerprint density at radius 3 is 2.60 bits per heavy atom. The Bertz CT molecular complexity index is 1900. The van der Waals surface area contributed by atoms with Crippen molar-refractivity contribution in [3.8, 4) is 17.3 Å². The van der Waals surface area contributed by atoms with Crippen molar-refractivity contribution in [1.82, 2.24) is 29.5 Å². The number of imidazole rings is 1. The number of pyridine rings is 2. The summed E-state index contributed by atoms with van der Waals surface area (Å²) in [6.45, 7) is 7.69. The number of carboxylic acid groups (broad SMARTS) is 1. The fourth-order valence-electron chi connectivity index (χ4n) is 4.48. The van der Waals surface area contributed by atoms with Crippen LogP contribution in [-0.2, 0) is 24.3 Å². The van der Waals surface area contributed by atoms with Gasteiger partial charge in [-0.3, -0.25) is 4.98 Å². The lowest BCUT2D eigenvalue weighted by Crippen LogP contribution is -2.32. The second kappa shape index (κ2) is 11.5. The molecule has 1 aliphatic rings. The van der Waals surface area contributed by atoms with Crippen molar-refractivity contribution in [3.63, 3.8) is 0 Å². The zero-order valence-corrected chi connectivity index (χ0v) is 22.2. The Morgan fingerprint density at radius 2 is 1.91 bits per heavy atom. The maximum atomic E-state index is 15.4. The zero-order valence-electron chi connectivity index (χ0n) is 22.2. The highest BCUT2D eigenvalue weighted by Crippen LogP contribution is 2.28. The molecule has 0 spiro atoms. The van der Waals surface area contributed by atoms with Crippen molar-refractivity contribution in [1.29, 1.82) is 0 Å². The Hall–Kier alpha value is -5.42. The Labute approximate surface area is 241 Å². The average Bonchev–Trinajstić information content (AvgIpc) is 3.32. The van der Waals surface area contributed by atoms with Crippen LogP contribution in [0.3, 0.4) is 0 Å². The van der Waals surface area contributed by atoms with E-state index in [-0.39, 0.29) is 41.8 Å². The van der Waals surface area contributed by atoms with Crippen LogP contribution in [0, 0.1) is 24.0 Å². The van der Waals surface area contributed by atoms with E-state index in [0.717, 1.165) is 24.8 Å². The predicted molar refractivity (Wildman–Crippen MR) is 144 cm³/mol. The molecule has 0 unspecified atom stereocenters. The normalized spacial score (nSPS) is 14.3. The molecule has 1 N–H and O–H groups in total. The van der Waals surface area contributed by atoms with Gasteiger partial charge in [0.2, 0.25) is 11.5 Å². The summed E-state index contributed by atoms with van der Waals surface area (Å²) in [5.74, 6) is -4.19. The van der Waals surface area contributed by atoms with Gasteiger partial charge in [0.05, 0.1) is 36.7 Å². The first-order chi connectivity index (χ1) is 20.8. The van der Waals surface area contributed by atoms with Crippen LogP contribution in [-0.4, -0.2) is 53.3 Å². The summed E-state index contributed by atoms with van der Waals surface area (Å²) < 4.78 is 57.7. The minimum Gasteiger partial charge on any atom is -0.477 e. The van der Waals surface area contributed by atoms with Crippen molar-refractivity contribution < 1.29 is 32.5 Å². The molecule has 0 saturated carbocycles. The maximum Gasteiger partial charge on any atom is 0.354 e. The highest BCUT2D eigenvalue weighted by Gasteiger charge is 2.24. The van der Waals surface area contributed by atoms with Crippen LogP contribution in [0.25, 0.3) is 27.4 Å². The quantitative estimate of drug-likeness (QED) is 0.239. The molecule has 14 heteroatoms. The second-order valence-corrected chi connectivity index (χ2v) is 9.62. The number of fused-ring (bicyclic) bond motifs is 1. The Balaban J connectivity index is 1.28. The third-order valence-corrected chi connectivity index (χ3v) is 6.80. The van der Waals surface area contributed by atoms with Crippen molar-refractivity contribution in [2.75, 3.05) is 6.61 Å². The van der Waals surface area contributed by atoms with E-state index in [4.69, 9.17) is 16.0 Å². The van der Waals surface area contributed by atoms with Crippen LogP contribution in [0.2, 0.25) is 0 Å². The fourth-order valence-corrected chi connectivity index (χ4v) is 4.48. The number of carbonyl (C=O) groups is 1. The van der Waals surface area contributed by atoms with E-state index in [1.165, 1.54) is 30.5 Å². The molecule has 43 heavy (non-hydrogen) atoms. The van der Waals surface area contributed by atoms with Crippen LogP contribution in [0.5, 0.6) is 5.88 Å². The van der Waals surface area contributed by atoms with Crippen LogP contribution in [0.4, 0.5) is 18.9 Å². The largest absolute Gasteiger partial charge is 0.477 e. The fraction of sp³-hybridized carbons (Fsp3) is 0.207. The van der Waals surface area contributed by atoms with E-state index in [1.807, 2.05) is 0 Å². The number of halogens is 3. The number of aromatic nitrogens is 6. The van der Waals surface area contributed by atoms with E-state index < -0.39 is 29.3 Å². The molecular weight excluding hydrogens is 567 g/mol. The van der Waals surface area contributed by atoms with Gasteiger partial charge in [0.1, 0.15) is 29.6 Å². The molecule has 0 bridgehead atoms. The molecule has 1 saturated heterocycles. The van der Waals surface area contributed by atoms with Gasteiger partial charge in [-0.25, -0.2) is 33.4 Å². The van der Waals surface area contributed by atoms with E-state index in [9.17, 15) is 14.3 Å². The lowest BCUT2D eigenvalue weighted by atomic mass is 10.1. The molecule has 11 nitrogen and oxygen atoms in total. The number of hydrogen-bond donors (Lipinski definition) is 1. The smallest absolute Gasteiger partial charge is 0.354 e.